The van der Waals surface area contributed by atoms with Crippen molar-refractivity contribution in [3.05, 3.63) is 59.4 Å². The van der Waals surface area contributed by atoms with E-state index in [1.54, 1.807) is 18.2 Å². The van der Waals surface area contributed by atoms with Crippen LogP contribution in [-0.4, -0.2) is 31.7 Å². The number of hydrogen-bond donors (Lipinski definition) is 2. The maximum atomic E-state index is 13.2. The summed E-state index contributed by atoms with van der Waals surface area (Å²) in [6, 6.07) is 11.7. The number of halogens is 1. The van der Waals surface area contributed by atoms with Gasteiger partial charge in [0.25, 0.3) is 5.91 Å². The van der Waals surface area contributed by atoms with Gasteiger partial charge < -0.3 is 20.1 Å². The van der Waals surface area contributed by atoms with E-state index in [0.717, 1.165) is 23.4 Å². The van der Waals surface area contributed by atoms with Crippen LogP contribution in [-0.2, 0) is 16.1 Å². The Labute approximate surface area is 146 Å². The molecule has 0 radical (unpaired) electrons. The first kappa shape index (κ1) is 17.4. The lowest BCUT2D eigenvalue weighted by Crippen LogP contribution is -2.45. The van der Waals surface area contributed by atoms with Crippen molar-refractivity contribution in [3.8, 4) is 5.75 Å². The number of anilines is 1. The molecule has 1 fully saturated rings. The largest absolute Gasteiger partial charge is 0.489 e. The summed E-state index contributed by atoms with van der Waals surface area (Å²) in [4.78, 5) is 12.2. The Kier molecular flexibility index (Phi) is 5.63. The van der Waals surface area contributed by atoms with Crippen molar-refractivity contribution >= 4 is 11.6 Å². The van der Waals surface area contributed by atoms with Gasteiger partial charge in [0.05, 0.1) is 6.61 Å². The van der Waals surface area contributed by atoms with Gasteiger partial charge in [-0.2, -0.15) is 0 Å². The highest BCUT2D eigenvalue weighted by molar-refractivity contribution is 5.95. The van der Waals surface area contributed by atoms with E-state index in [9.17, 15) is 9.18 Å². The molecular formula is C19H21FN2O3. The summed E-state index contributed by atoms with van der Waals surface area (Å²) in [7, 11) is 0. The molecule has 0 aromatic heterocycles. The lowest BCUT2D eigenvalue weighted by Gasteiger charge is -2.23. The Balaban J connectivity index is 1.59. The topological polar surface area (TPSA) is 59.6 Å². The highest BCUT2D eigenvalue weighted by atomic mass is 19.1. The molecule has 2 aromatic carbocycles. The molecule has 132 valence electrons. The Morgan fingerprint density at radius 2 is 2.24 bits per heavy atom. The van der Waals surface area contributed by atoms with E-state index < -0.39 is 6.10 Å². The van der Waals surface area contributed by atoms with Crippen LogP contribution in [0, 0.1) is 12.7 Å². The molecule has 1 saturated heterocycles. The molecule has 1 aliphatic heterocycles. The minimum atomic E-state index is -0.475. The van der Waals surface area contributed by atoms with Crippen LogP contribution < -0.4 is 15.4 Å². The SMILES string of the molecule is Cc1cc(OCc2cccc(F)c2)ccc1NC(=O)C1CNCCO1. The average Bonchev–Trinajstić information content (AvgIpc) is 2.63. The predicted octanol–water partition coefficient (Wildman–Crippen LogP) is 2.64. The Hall–Kier alpha value is -2.44. The van der Waals surface area contributed by atoms with E-state index in [-0.39, 0.29) is 18.3 Å². The molecule has 5 nitrogen and oxygen atoms in total. The van der Waals surface area contributed by atoms with Gasteiger partial charge in [-0.05, 0) is 48.4 Å². The maximum Gasteiger partial charge on any atom is 0.254 e. The van der Waals surface area contributed by atoms with Gasteiger partial charge in [0, 0.05) is 18.8 Å². The maximum absolute atomic E-state index is 13.2. The van der Waals surface area contributed by atoms with Crippen molar-refractivity contribution in [2.75, 3.05) is 25.0 Å². The van der Waals surface area contributed by atoms with Crippen LogP contribution >= 0.6 is 0 Å². The Bertz CT molecular complexity index is 745. The highest BCUT2D eigenvalue weighted by Crippen LogP contribution is 2.22. The molecule has 1 heterocycles. The van der Waals surface area contributed by atoms with Crippen molar-refractivity contribution in [2.24, 2.45) is 0 Å². The Morgan fingerprint density at radius 1 is 1.36 bits per heavy atom. The van der Waals surface area contributed by atoms with E-state index in [1.807, 2.05) is 19.1 Å². The molecule has 0 spiro atoms. The van der Waals surface area contributed by atoms with E-state index in [4.69, 9.17) is 9.47 Å². The fourth-order valence-corrected chi connectivity index (χ4v) is 2.61. The second kappa shape index (κ2) is 8.09. The van der Waals surface area contributed by atoms with Crippen molar-refractivity contribution in [2.45, 2.75) is 19.6 Å². The molecular weight excluding hydrogens is 323 g/mol. The molecule has 1 aliphatic rings. The molecule has 2 aromatic rings. The number of carbonyl (C=O) groups is 1. The first-order valence-electron chi connectivity index (χ1n) is 8.23. The van der Waals surface area contributed by atoms with E-state index >= 15 is 0 Å². The van der Waals surface area contributed by atoms with Crippen molar-refractivity contribution in [3.63, 3.8) is 0 Å². The number of morpholine rings is 1. The van der Waals surface area contributed by atoms with Gasteiger partial charge in [-0.25, -0.2) is 4.39 Å². The first-order chi connectivity index (χ1) is 12.1. The average molecular weight is 344 g/mol. The number of aryl methyl sites for hydroxylation is 1. The normalized spacial score (nSPS) is 17.1. The molecule has 0 saturated carbocycles. The standard InChI is InChI=1S/C19H21FN2O3/c1-13-9-16(25-12-14-3-2-4-15(20)10-14)5-6-17(13)22-19(23)18-11-21-7-8-24-18/h2-6,9-10,18,21H,7-8,11-12H2,1H3,(H,22,23). The quantitative estimate of drug-likeness (QED) is 0.875. The number of rotatable bonds is 5. The van der Waals surface area contributed by atoms with E-state index in [2.05, 4.69) is 10.6 Å². The van der Waals surface area contributed by atoms with Crippen LogP contribution in [0.2, 0.25) is 0 Å². The van der Waals surface area contributed by atoms with Crippen LogP contribution in [0.5, 0.6) is 5.75 Å². The molecule has 6 heteroatoms. The van der Waals surface area contributed by atoms with Crippen LogP contribution in [0.3, 0.4) is 0 Å². The fourth-order valence-electron chi connectivity index (χ4n) is 2.61. The number of nitrogens with one attached hydrogen (secondary N) is 2. The molecule has 1 amide bonds. The van der Waals surface area contributed by atoms with Gasteiger partial charge in [0.1, 0.15) is 24.3 Å². The zero-order valence-corrected chi connectivity index (χ0v) is 14.0. The van der Waals surface area contributed by atoms with Crippen LogP contribution in [0.25, 0.3) is 0 Å². The fraction of sp³-hybridized carbons (Fsp3) is 0.316. The summed E-state index contributed by atoms with van der Waals surface area (Å²) < 4.78 is 24.3. The van der Waals surface area contributed by atoms with Crippen LogP contribution in [0.1, 0.15) is 11.1 Å². The van der Waals surface area contributed by atoms with Crippen LogP contribution in [0.4, 0.5) is 10.1 Å². The van der Waals surface area contributed by atoms with Gasteiger partial charge in [-0.1, -0.05) is 12.1 Å². The second-order valence-electron chi connectivity index (χ2n) is 5.95. The van der Waals surface area contributed by atoms with Gasteiger partial charge in [-0.3, -0.25) is 4.79 Å². The summed E-state index contributed by atoms with van der Waals surface area (Å²) in [5.41, 5.74) is 2.36. The van der Waals surface area contributed by atoms with Crippen molar-refractivity contribution in [1.29, 1.82) is 0 Å². The summed E-state index contributed by atoms with van der Waals surface area (Å²) in [6.07, 6.45) is -0.475. The Morgan fingerprint density at radius 3 is 2.96 bits per heavy atom. The third-order valence-electron chi connectivity index (χ3n) is 3.97. The zero-order valence-electron chi connectivity index (χ0n) is 14.0. The lowest BCUT2D eigenvalue weighted by molar-refractivity contribution is -0.128. The van der Waals surface area contributed by atoms with Crippen LogP contribution in [0.15, 0.2) is 42.5 Å². The second-order valence-corrected chi connectivity index (χ2v) is 5.95. The number of benzene rings is 2. The molecule has 1 atom stereocenters. The molecule has 0 aliphatic carbocycles. The van der Waals surface area contributed by atoms with Gasteiger partial charge >= 0.3 is 0 Å². The van der Waals surface area contributed by atoms with E-state index in [0.29, 0.717) is 18.9 Å². The molecule has 0 bridgehead atoms. The van der Waals surface area contributed by atoms with Gasteiger partial charge in [-0.15, -0.1) is 0 Å². The summed E-state index contributed by atoms with van der Waals surface area (Å²) in [5, 5.41) is 6.01. The summed E-state index contributed by atoms with van der Waals surface area (Å²) in [5.74, 6) is 0.217. The summed E-state index contributed by atoms with van der Waals surface area (Å²) in [6.45, 7) is 3.99. The van der Waals surface area contributed by atoms with Crippen molar-refractivity contribution < 1.29 is 18.7 Å². The molecule has 25 heavy (non-hydrogen) atoms. The minimum absolute atomic E-state index is 0.163. The molecule has 3 rings (SSSR count). The third-order valence-corrected chi connectivity index (χ3v) is 3.97. The first-order valence-corrected chi connectivity index (χ1v) is 8.23. The lowest BCUT2D eigenvalue weighted by atomic mass is 10.1. The third kappa shape index (κ3) is 4.78. The summed E-state index contributed by atoms with van der Waals surface area (Å²) >= 11 is 0. The molecule has 2 N–H and O–H groups in total. The van der Waals surface area contributed by atoms with Gasteiger partial charge in [0.2, 0.25) is 0 Å². The number of hydrogen-bond acceptors (Lipinski definition) is 4. The molecule has 1 unspecified atom stereocenters. The number of ether oxygens (including phenoxy) is 2. The monoisotopic (exact) mass is 344 g/mol. The minimum Gasteiger partial charge on any atom is -0.489 e. The predicted molar refractivity (Wildman–Crippen MR) is 93.2 cm³/mol. The van der Waals surface area contributed by atoms with E-state index in [1.165, 1.54) is 12.1 Å². The zero-order chi connectivity index (χ0) is 17.6. The highest BCUT2D eigenvalue weighted by Gasteiger charge is 2.22. The number of carbonyl (C=O) groups excluding carboxylic acids is 1. The number of amides is 1. The smallest absolute Gasteiger partial charge is 0.254 e. The van der Waals surface area contributed by atoms with Crippen molar-refractivity contribution in [1.82, 2.24) is 5.32 Å². The van der Waals surface area contributed by atoms with Gasteiger partial charge in [0.15, 0.2) is 0 Å².